The number of alkyl halides is 6. The second kappa shape index (κ2) is 7.68. The molecular formula is C13H9Cl3F3N5O2. The highest BCUT2D eigenvalue weighted by Gasteiger charge is 2.31. The Labute approximate surface area is 159 Å². The molecule has 2 N–H and O–H groups in total. The molecule has 0 aliphatic rings. The van der Waals surface area contributed by atoms with Gasteiger partial charge in [0.1, 0.15) is 0 Å². The van der Waals surface area contributed by atoms with E-state index in [4.69, 9.17) is 39.5 Å². The first-order chi connectivity index (χ1) is 12.0. The van der Waals surface area contributed by atoms with Crippen LogP contribution in [0.3, 0.4) is 0 Å². The lowest BCUT2D eigenvalue weighted by molar-refractivity contribution is -0.137. The van der Waals surface area contributed by atoms with E-state index in [0.29, 0.717) is 0 Å². The zero-order valence-electron chi connectivity index (χ0n) is 12.7. The van der Waals surface area contributed by atoms with Gasteiger partial charge in [-0.25, -0.2) is 4.79 Å². The molecule has 0 atom stereocenters. The monoisotopic (exact) mass is 429 g/mol. The lowest BCUT2D eigenvalue weighted by Gasteiger charge is -2.13. The number of methoxy groups -OCH3 is 1. The second-order valence-corrected chi connectivity index (χ2v) is 6.91. The van der Waals surface area contributed by atoms with Crippen molar-refractivity contribution in [2.75, 3.05) is 17.7 Å². The van der Waals surface area contributed by atoms with Crippen molar-refractivity contribution in [3.8, 4) is 6.01 Å². The molecule has 1 heterocycles. The van der Waals surface area contributed by atoms with Gasteiger partial charge >= 0.3 is 18.2 Å². The number of amides is 2. The summed E-state index contributed by atoms with van der Waals surface area (Å²) in [6.45, 7) is 0. The van der Waals surface area contributed by atoms with Crippen molar-refractivity contribution in [1.29, 1.82) is 0 Å². The molecule has 0 radical (unpaired) electrons. The maximum Gasteiger partial charge on any atom is 0.416 e. The van der Waals surface area contributed by atoms with Crippen molar-refractivity contribution in [3.63, 3.8) is 0 Å². The number of aromatic nitrogens is 3. The molecule has 0 aliphatic heterocycles. The Kier molecular flexibility index (Phi) is 5.99. The number of anilines is 2. The summed E-state index contributed by atoms with van der Waals surface area (Å²) in [6, 6.07) is 2.89. The number of hydrogen-bond donors (Lipinski definition) is 2. The highest BCUT2D eigenvalue weighted by Crippen LogP contribution is 2.36. The van der Waals surface area contributed by atoms with Crippen molar-refractivity contribution in [2.45, 2.75) is 9.97 Å². The van der Waals surface area contributed by atoms with Gasteiger partial charge in [0.15, 0.2) is 5.82 Å². The quantitative estimate of drug-likeness (QED) is 0.706. The Morgan fingerprint density at radius 3 is 2.38 bits per heavy atom. The number of halogens is 6. The molecular weight excluding hydrogens is 422 g/mol. The van der Waals surface area contributed by atoms with Gasteiger partial charge in [-0.2, -0.15) is 28.1 Å². The summed E-state index contributed by atoms with van der Waals surface area (Å²) in [5.74, 6) is -0.647. The van der Waals surface area contributed by atoms with Crippen LogP contribution >= 0.6 is 34.8 Å². The standard InChI is InChI=1S/C13H9Cl3F3N5O2/c1-26-11-22-8(12(14,15)16)21-9(24-11)23-10(25)20-7-4-2-3-6(5-7)13(17,18)19/h2-5H,1H3,(H2,20,21,22,23,24,25). The molecule has 2 aromatic rings. The van der Waals surface area contributed by atoms with Crippen LogP contribution in [0, 0.1) is 0 Å². The summed E-state index contributed by atoms with van der Waals surface area (Å²) in [5, 5.41) is 4.39. The van der Waals surface area contributed by atoms with Crippen molar-refractivity contribution in [3.05, 3.63) is 35.7 Å². The third-order valence-electron chi connectivity index (χ3n) is 2.72. The zero-order chi connectivity index (χ0) is 19.5. The van der Waals surface area contributed by atoms with E-state index in [2.05, 4.69) is 25.6 Å². The first-order valence-electron chi connectivity index (χ1n) is 6.61. The van der Waals surface area contributed by atoms with Crippen LogP contribution in [-0.2, 0) is 9.97 Å². The Balaban J connectivity index is 2.18. The van der Waals surface area contributed by atoms with E-state index in [1.807, 2.05) is 0 Å². The Morgan fingerprint density at radius 2 is 1.81 bits per heavy atom. The molecule has 0 spiro atoms. The van der Waals surface area contributed by atoms with Gasteiger partial charge in [-0.1, -0.05) is 40.9 Å². The average molecular weight is 431 g/mol. The summed E-state index contributed by atoms with van der Waals surface area (Å²) in [5.41, 5.74) is -1.02. The Morgan fingerprint density at radius 1 is 1.12 bits per heavy atom. The fourth-order valence-corrected chi connectivity index (χ4v) is 1.92. The van der Waals surface area contributed by atoms with E-state index < -0.39 is 21.6 Å². The predicted octanol–water partition coefficient (Wildman–Crippen LogP) is 4.37. The van der Waals surface area contributed by atoms with Gasteiger partial charge in [0.2, 0.25) is 9.74 Å². The van der Waals surface area contributed by atoms with Gasteiger partial charge < -0.3 is 10.1 Å². The van der Waals surface area contributed by atoms with Crippen LogP contribution in [0.4, 0.5) is 29.6 Å². The largest absolute Gasteiger partial charge is 0.467 e. The Hall–Kier alpha value is -2.04. The van der Waals surface area contributed by atoms with Crippen LogP contribution in [0.5, 0.6) is 6.01 Å². The molecule has 0 aliphatic carbocycles. The number of carbonyl (C=O) groups is 1. The van der Waals surface area contributed by atoms with Crippen LogP contribution in [0.15, 0.2) is 24.3 Å². The van der Waals surface area contributed by atoms with Crippen molar-refractivity contribution in [1.82, 2.24) is 15.0 Å². The second-order valence-electron chi connectivity index (χ2n) is 4.62. The van der Waals surface area contributed by atoms with Crippen molar-refractivity contribution in [2.24, 2.45) is 0 Å². The highest BCUT2D eigenvalue weighted by atomic mass is 35.6. The lowest BCUT2D eigenvalue weighted by Crippen LogP contribution is -2.22. The smallest absolute Gasteiger partial charge is 0.416 e. The molecule has 2 rings (SSSR count). The Bertz CT molecular complexity index is 814. The van der Waals surface area contributed by atoms with Gasteiger partial charge in [0, 0.05) is 5.69 Å². The maximum atomic E-state index is 12.7. The van der Waals surface area contributed by atoms with E-state index in [9.17, 15) is 18.0 Å². The molecule has 1 aromatic carbocycles. The fraction of sp³-hybridized carbons (Fsp3) is 0.231. The van der Waals surface area contributed by atoms with E-state index in [1.54, 1.807) is 0 Å². The van der Waals surface area contributed by atoms with Crippen molar-refractivity contribution < 1.29 is 22.7 Å². The van der Waals surface area contributed by atoms with Crippen molar-refractivity contribution >= 4 is 52.5 Å². The lowest BCUT2D eigenvalue weighted by atomic mass is 10.2. The summed E-state index contributed by atoms with van der Waals surface area (Å²) in [7, 11) is 1.24. The molecule has 0 bridgehead atoms. The SMILES string of the molecule is COc1nc(NC(=O)Nc2cccc(C(F)(F)F)c2)nc(C(Cl)(Cl)Cl)n1. The van der Waals surface area contributed by atoms with Crippen LogP contribution in [0.2, 0.25) is 0 Å². The molecule has 26 heavy (non-hydrogen) atoms. The number of nitrogens with zero attached hydrogens (tertiary/aromatic N) is 3. The number of rotatable bonds is 3. The third-order valence-corrected chi connectivity index (χ3v) is 3.23. The van der Waals surface area contributed by atoms with Gasteiger partial charge in [0.05, 0.1) is 12.7 Å². The van der Waals surface area contributed by atoms with Gasteiger partial charge in [-0.15, -0.1) is 0 Å². The molecule has 0 fully saturated rings. The number of urea groups is 1. The molecule has 0 saturated carbocycles. The molecule has 0 unspecified atom stereocenters. The molecule has 0 saturated heterocycles. The number of benzene rings is 1. The summed E-state index contributed by atoms with van der Waals surface area (Å²) in [6.07, 6.45) is -4.55. The average Bonchev–Trinajstić information content (AvgIpc) is 2.53. The molecule has 1 aromatic heterocycles. The molecule has 2 amide bonds. The minimum absolute atomic E-state index is 0.0973. The summed E-state index contributed by atoms with van der Waals surface area (Å²) in [4.78, 5) is 23.1. The fourth-order valence-electron chi connectivity index (χ4n) is 1.67. The normalized spacial score (nSPS) is 11.8. The van der Waals surface area contributed by atoms with Crippen LogP contribution < -0.4 is 15.4 Å². The zero-order valence-corrected chi connectivity index (χ0v) is 15.0. The van der Waals surface area contributed by atoms with Gasteiger partial charge in [0.25, 0.3) is 0 Å². The predicted molar refractivity (Wildman–Crippen MR) is 89.7 cm³/mol. The minimum Gasteiger partial charge on any atom is -0.467 e. The summed E-state index contributed by atoms with van der Waals surface area (Å²) >= 11 is 17.0. The third kappa shape index (κ3) is 5.48. The van der Waals surface area contributed by atoms with Crippen LogP contribution in [0.25, 0.3) is 0 Å². The number of carbonyl (C=O) groups excluding carboxylic acids is 1. The summed E-state index contributed by atoms with van der Waals surface area (Å²) < 4.78 is 40.9. The highest BCUT2D eigenvalue weighted by molar-refractivity contribution is 6.66. The van der Waals surface area contributed by atoms with Crippen LogP contribution in [0.1, 0.15) is 11.4 Å². The first kappa shape index (κ1) is 20.3. The minimum atomic E-state index is -4.55. The van der Waals surface area contributed by atoms with E-state index in [1.165, 1.54) is 13.2 Å². The number of ether oxygens (including phenoxy) is 1. The van der Waals surface area contributed by atoms with Crippen LogP contribution in [-0.4, -0.2) is 28.1 Å². The first-order valence-corrected chi connectivity index (χ1v) is 7.75. The van der Waals surface area contributed by atoms with E-state index in [-0.39, 0.29) is 23.5 Å². The molecule has 140 valence electrons. The number of nitrogens with one attached hydrogen (secondary N) is 2. The maximum absolute atomic E-state index is 12.7. The van der Waals surface area contributed by atoms with Gasteiger partial charge in [-0.05, 0) is 18.2 Å². The van der Waals surface area contributed by atoms with E-state index >= 15 is 0 Å². The number of hydrogen-bond acceptors (Lipinski definition) is 5. The topological polar surface area (TPSA) is 89.0 Å². The molecule has 13 heteroatoms. The van der Waals surface area contributed by atoms with Gasteiger partial charge in [-0.3, -0.25) is 5.32 Å². The van der Waals surface area contributed by atoms with E-state index in [0.717, 1.165) is 18.2 Å². The molecule has 7 nitrogen and oxygen atoms in total.